The van der Waals surface area contributed by atoms with Crippen molar-refractivity contribution in [1.82, 2.24) is 9.97 Å². The van der Waals surface area contributed by atoms with Crippen LogP contribution in [0.25, 0.3) is 17.1 Å². The van der Waals surface area contributed by atoms with Crippen LogP contribution in [0.2, 0.25) is 0 Å². The SMILES string of the molecule is C/C=C\c1nc2ccccc2nc1C. The summed E-state index contributed by atoms with van der Waals surface area (Å²) in [5, 5.41) is 0. The van der Waals surface area contributed by atoms with E-state index in [-0.39, 0.29) is 0 Å². The van der Waals surface area contributed by atoms with Crippen molar-refractivity contribution < 1.29 is 0 Å². The third-order valence-electron chi connectivity index (χ3n) is 2.11. The summed E-state index contributed by atoms with van der Waals surface area (Å²) >= 11 is 0. The normalized spacial score (nSPS) is 11.3. The molecule has 0 radical (unpaired) electrons. The second-order valence-corrected chi connectivity index (χ2v) is 3.18. The highest BCUT2D eigenvalue weighted by atomic mass is 14.8. The van der Waals surface area contributed by atoms with E-state index in [0.717, 1.165) is 22.4 Å². The van der Waals surface area contributed by atoms with Gasteiger partial charge >= 0.3 is 0 Å². The number of hydrogen-bond acceptors (Lipinski definition) is 2. The van der Waals surface area contributed by atoms with Gasteiger partial charge in [0.05, 0.1) is 22.4 Å². The van der Waals surface area contributed by atoms with E-state index in [2.05, 4.69) is 9.97 Å². The van der Waals surface area contributed by atoms with Gasteiger partial charge in [0.1, 0.15) is 0 Å². The van der Waals surface area contributed by atoms with Crippen LogP contribution in [0.5, 0.6) is 0 Å². The molecule has 1 aromatic carbocycles. The average molecular weight is 184 g/mol. The maximum absolute atomic E-state index is 4.52. The maximum atomic E-state index is 4.52. The van der Waals surface area contributed by atoms with Crippen LogP contribution in [0, 0.1) is 6.92 Å². The van der Waals surface area contributed by atoms with E-state index < -0.39 is 0 Å². The average Bonchev–Trinajstić information content (AvgIpc) is 2.19. The third kappa shape index (κ3) is 1.51. The van der Waals surface area contributed by atoms with Crippen molar-refractivity contribution in [3.63, 3.8) is 0 Å². The van der Waals surface area contributed by atoms with Crippen molar-refractivity contribution in [2.24, 2.45) is 0 Å². The molecule has 0 saturated heterocycles. The number of aryl methyl sites for hydroxylation is 1. The molecule has 2 nitrogen and oxygen atoms in total. The molecule has 2 heteroatoms. The van der Waals surface area contributed by atoms with Gasteiger partial charge in [-0.3, -0.25) is 0 Å². The highest BCUT2D eigenvalue weighted by Gasteiger charge is 2.00. The number of nitrogens with zero attached hydrogens (tertiary/aromatic N) is 2. The van der Waals surface area contributed by atoms with Gasteiger partial charge in [-0.05, 0) is 32.1 Å². The number of fused-ring (bicyclic) bond motifs is 1. The van der Waals surface area contributed by atoms with E-state index in [1.54, 1.807) is 0 Å². The van der Waals surface area contributed by atoms with Crippen LogP contribution in [0.4, 0.5) is 0 Å². The van der Waals surface area contributed by atoms with Crippen LogP contribution in [0.3, 0.4) is 0 Å². The summed E-state index contributed by atoms with van der Waals surface area (Å²) in [5.74, 6) is 0. The molecule has 0 spiro atoms. The molecule has 0 aliphatic rings. The lowest BCUT2D eigenvalue weighted by Gasteiger charge is -2.01. The van der Waals surface area contributed by atoms with Gasteiger partial charge in [-0.15, -0.1) is 0 Å². The van der Waals surface area contributed by atoms with Crippen molar-refractivity contribution in [1.29, 1.82) is 0 Å². The Labute approximate surface area is 83.3 Å². The zero-order valence-electron chi connectivity index (χ0n) is 8.36. The third-order valence-corrected chi connectivity index (χ3v) is 2.11. The van der Waals surface area contributed by atoms with Crippen molar-refractivity contribution in [3.8, 4) is 0 Å². The van der Waals surface area contributed by atoms with Crippen LogP contribution in [-0.4, -0.2) is 9.97 Å². The monoisotopic (exact) mass is 184 g/mol. The number of rotatable bonds is 1. The standard InChI is InChI=1S/C12H12N2/c1-3-6-10-9(2)13-11-7-4-5-8-12(11)14-10/h3-8H,1-2H3/b6-3-. The first kappa shape index (κ1) is 8.88. The molecule has 70 valence electrons. The van der Waals surface area contributed by atoms with Gasteiger partial charge in [0, 0.05) is 0 Å². The van der Waals surface area contributed by atoms with E-state index >= 15 is 0 Å². The van der Waals surface area contributed by atoms with Gasteiger partial charge in [0.15, 0.2) is 0 Å². The Kier molecular flexibility index (Phi) is 2.27. The minimum absolute atomic E-state index is 0.950. The summed E-state index contributed by atoms with van der Waals surface area (Å²) in [6, 6.07) is 7.92. The lowest BCUT2D eigenvalue weighted by molar-refractivity contribution is 1.16. The Morgan fingerprint density at radius 3 is 2.36 bits per heavy atom. The van der Waals surface area contributed by atoms with Crippen molar-refractivity contribution >= 4 is 17.1 Å². The second-order valence-electron chi connectivity index (χ2n) is 3.18. The number of benzene rings is 1. The molecule has 14 heavy (non-hydrogen) atoms. The van der Waals surface area contributed by atoms with E-state index in [0.29, 0.717) is 0 Å². The number of allylic oxidation sites excluding steroid dienone is 1. The molecule has 0 unspecified atom stereocenters. The molecule has 0 saturated carbocycles. The largest absolute Gasteiger partial charge is 0.249 e. The summed E-state index contributed by atoms with van der Waals surface area (Å²) in [6.45, 7) is 3.96. The van der Waals surface area contributed by atoms with Crippen molar-refractivity contribution in [2.45, 2.75) is 13.8 Å². The molecule has 0 N–H and O–H groups in total. The van der Waals surface area contributed by atoms with Crippen LogP contribution < -0.4 is 0 Å². The van der Waals surface area contributed by atoms with Gasteiger partial charge in [0.2, 0.25) is 0 Å². The summed E-state index contributed by atoms with van der Waals surface area (Å²) < 4.78 is 0. The lowest BCUT2D eigenvalue weighted by atomic mass is 10.2. The fraction of sp³-hybridized carbons (Fsp3) is 0.167. The molecule has 2 rings (SSSR count). The van der Waals surface area contributed by atoms with Gasteiger partial charge in [-0.1, -0.05) is 18.2 Å². The fourth-order valence-corrected chi connectivity index (χ4v) is 1.42. The Morgan fingerprint density at radius 2 is 1.71 bits per heavy atom. The van der Waals surface area contributed by atoms with Gasteiger partial charge in [-0.25, -0.2) is 9.97 Å². The second kappa shape index (κ2) is 3.58. The summed E-state index contributed by atoms with van der Waals surface area (Å²) in [6.07, 6.45) is 3.96. The van der Waals surface area contributed by atoms with Crippen LogP contribution in [-0.2, 0) is 0 Å². The summed E-state index contributed by atoms with van der Waals surface area (Å²) in [7, 11) is 0. The van der Waals surface area contributed by atoms with Crippen LogP contribution in [0.15, 0.2) is 30.3 Å². The highest BCUT2D eigenvalue weighted by Crippen LogP contribution is 2.12. The number of aromatic nitrogens is 2. The maximum Gasteiger partial charge on any atom is 0.0894 e. The molecule has 0 atom stereocenters. The van der Waals surface area contributed by atoms with Crippen molar-refractivity contribution in [3.05, 3.63) is 41.7 Å². The number of para-hydroxylation sites is 2. The van der Waals surface area contributed by atoms with E-state index in [4.69, 9.17) is 0 Å². The van der Waals surface area contributed by atoms with Crippen molar-refractivity contribution in [2.75, 3.05) is 0 Å². The Hall–Kier alpha value is -1.70. The van der Waals surface area contributed by atoms with E-state index in [1.165, 1.54) is 0 Å². The Morgan fingerprint density at radius 1 is 1.07 bits per heavy atom. The minimum atomic E-state index is 0.950. The lowest BCUT2D eigenvalue weighted by Crippen LogP contribution is -1.92. The first-order valence-corrected chi connectivity index (χ1v) is 4.67. The summed E-state index contributed by atoms with van der Waals surface area (Å²) in [4.78, 5) is 9.00. The molecular formula is C12H12N2. The van der Waals surface area contributed by atoms with E-state index in [1.807, 2.05) is 50.3 Å². The zero-order valence-corrected chi connectivity index (χ0v) is 8.36. The zero-order chi connectivity index (χ0) is 9.97. The number of hydrogen-bond donors (Lipinski definition) is 0. The first-order valence-electron chi connectivity index (χ1n) is 4.67. The Balaban J connectivity index is 2.70. The van der Waals surface area contributed by atoms with Gasteiger partial charge in [-0.2, -0.15) is 0 Å². The molecule has 1 aromatic heterocycles. The molecule has 0 aliphatic carbocycles. The molecule has 0 fully saturated rings. The van der Waals surface area contributed by atoms with Gasteiger partial charge < -0.3 is 0 Å². The Bertz CT molecular complexity index is 487. The fourth-order valence-electron chi connectivity index (χ4n) is 1.42. The first-order chi connectivity index (χ1) is 6.81. The molecule has 0 amide bonds. The minimum Gasteiger partial charge on any atom is -0.249 e. The molecular weight excluding hydrogens is 172 g/mol. The van der Waals surface area contributed by atoms with E-state index in [9.17, 15) is 0 Å². The van der Waals surface area contributed by atoms with Gasteiger partial charge in [0.25, 0.3) is 0 Å². The smallest absolute Gasteiger partial charge is 0.0894 e. The topological polar surface area (TPSA) is 25.8 Å². The molecule has 0 aliphatic heterocycles. The predicted molar refractivity (Wildman–Crippen MR) is 59.0 cm³/mol. The summed E-state index contributed by atoms with van der Waals surface area (Å²) in [5.41, 5.74) is 3.83. The predicted octanol–water partition coefficient (Wildman–Crippen LogP) is 2.97. The van der Waals surface area contributed by atoms with Crippen LogP contribution >= 0.6 is 0 Å². The van der Waals surface area contributed by atoms with Crippen LogP contribution in [0.1, 0.15) is 18.3 Å². The quantitative estimate of drug-likeness (QED) is 0.681. The molecule has 0 bridgehead atoms. The molecule has 2 aromatic rings. The molecule has 1 heterocycles. The highest BCUT2D eigenvalue weighted by molar-refractivity contribution is 5.75.